The second-order valence-electron chi connectivity index (χ2n) is 9.85. The third-order valence-corrected chi connectivity index (χ3v) is 7.50. The maximum Gasteiger partial charge on any atom is 0.320 e. The zero-order valence-electron chi connectivity index (χ0n) is 20.4. The van der Waals surface area contributed by atoms with E-state index >= 15 is 0 Å². The number of unbranched alkanes of at least 4 members (excludes halogenated alkanes) is 1. The molecule has 2 heterocycles. The van der Waals surface area contributed by atoms with Crippen LogP contribution in [-0.2, 0) is 10.3 Å². The van der Waals surface area contributed by atoms with E-state index in [4.69, 9.17) is 10.5 Å². The van der Waals surface area contributed by atoms with E-state index in [9.17, 15) is 9.90 Å². The number of ether oxygens (including phenoxy) is 1. The first-order chi connectivity index (χ1) is 16.5. The molecule has 2 aromatic rings. The van der Waals surface area contributed by atoms with Crippen LogP contribution in [0.4, 0.5) is 4.79 Å². The molecule has 2 saturated heterocycles. The van der Waals surface area contributed by atoms with Crippen LogP contribution >= 0.6 is 0 Å². The fraction of sp³-hybridized carbons (Fsp3) is 0.536. The molecule has 4 rings (SSSR count). The fourth-order valence-electron chi connectivity index (χ4n) is 5.63. The summed E-state index contributed by atoms with van der Waals surface area (Å²) in [6.45, 7) is 3.33. The van der Waals surface area contributed by atoms with Crippen molar-refractivity contribution in [3.63, 3.8) is 0 Å². The Balaban J connectivity index is 1.63. The van der Waals surface area contributed by atoms with Crippen molar-refractivity contribution < 1.29 is 14.6 Å². The summed E-state index contributed by atoms with van der Waals surface area (Å²) in [5.41, 5.74) is 8.15. The van der Waals surface area contributed by atoms with Crippen LogP contribution in [0.5, 0.6) is 0 Å². The molecule has 2 aromatic carbocycles. The van der Waals surface area contributed by atoms with E-state index < -0.39 is 5.60 Å². The summed E-state index contributed by atoms with van der Waals surface area (Å²) in [6, 6.07) is 18.6. The van der Waals surface area contributed by atoms with Gasteiger partial charge in [0, 0.05) is 51.9 Å². The summed E-state index contributed by atoms with van der Waals surface area (Å²) >= 11 is 0. The molecule has 2 fully saturated rings. The number of amides is 2. The maximum absolute atomic E-state index is 13.2. The van der Waals surface area contributed by atoms with E-state index in [-0.39, 0.29) is 18.0 Å². The van der Waals surface area contributed by atoms with Crippen LogP contribution in [0, 0.1) is 5.92 Å². The number of aliphatic hydroxyl groups is 1. The number of urea groups is 1. The fourth-order valence-corrected chi connectivity index (χ4v) is 5.63. The predicted molar refractivity (Wildman–Crippen MR) is 135 cm³/mol. The Morgan fingerprint density at radius 3 is 2.50 bits per heavy atom. The van der Waals surface area contributed by atoms with Gasteiger partial charge in [-0.05, 0) is 55.2 Å². The predicted octanol–water partition coefficient (Wildman–Crippen LogP) is 4.22. The zero-order chi connectivity index (χ0) is 24.0. The first-order valence-corrected chi connectivity index (χ1v) is 12.7. The van der Waals surface area contributed by atoms with Crippen LogP contribution in [0.1, 0.15) is 44.1 Å². The van der Waals surface area contributed by atoms with E-state index in [2.05, 4.69) is 24.3 Å². The van der Waals surface area contributed by atoms with Crippen molar-refractivity contribution in [1.29, 1.82) is 0 Å². The van der Waals surface area contributed by atoms with Gasteiger partial charge in [-0.2, -0.15) is 0 Å². The number of nitrogens with two attached hydrogens (primary N) is 1. The van der Waals surface area contributed by atoms with Crippen molar-refractivity contribution in [2.45, 2.75) is 50.2 Å². The molecule has 34 heavy (non-hydrogen) atoms. The molecular formula is C28H39N3O3. The van der Waals surface area contributed by atoms with Crippen LogP contribution in [0.25, 0.3) is 11.1 Å². The molecule has 184 valence electrons. The van der Waals surface area contributed by atoms with Gasteiger partial charge in [-0.3, -0.25) is 0 Å². The summed E-state index contributed by atoms with van der Waals surface area (Å²) < 4.78 is 5.26. The summed E-state index contributed by atoms with van der Waals surface area (Å²) in [5.74, 6) is -0.0334. The number of benzene rings is 2. The van der Waals surface area contributed by atoms with E-state index in [1.54, 1.807) is 7.11 Å². The minimum Gasteiger partial charge on any atom is -0.385 e. The molecule has 2 amide bonds. The second kappa shape index (κ2) is 11.3. The van der Waals surface area contributed by atoms with E-state index in [0.717, 1.165) is 61.9 Å². The van der Waals surface area contributed by atoms with Gasteiger partial charge in [-0.15, -0.1) is 0 Å². The minimum atomic E-state index is -1.03. The molecule has 1 unspecified atom stereocenters. The monoisotopic (exact) mass is 465 g/mol. The molecule has 6 nitrogen and oxygen atoms in total. The van der Waals surface area contributed by atoms with Crippen molar-refractivity contribution in [1.82, 2.24) is 9.80 Å². The smallest absolute Gasteiger partial charge is 0.320 e. The number of hydrogen-bond acceptors (Lipinski definition) is 4. The van der Waals surface area contributed by atoms with Crippen molar-refractivity contribution in [3.05, 3.63) is 60.2 Å². The van der Waals surface area contributed by atoms with Gasteiger partial charge in [-0.25, -0.2) is 4.79 Å². The lowest BCUT2D eigenvalue weighted by molar-refractivity contribution is -0.0571. The third-order valence-electron chi connectivity index (χ3n) is 7.50. The number of rotatable bonds is 8. The average molecular weight is 466 g/mol. The summed E-state index contributed by atoms with van der Waals surface area (Å²) in [7, 11) is 1.71. The minimum absolute atomic E-state index is 0.0334. The van der Waals surface area contributed by atoms with Crippen LogP contribution in [0.2, 0.25) is 0 Å². The maximum atomic E-state index is 13.2. The van der Waals surface area contributed by atoms with Gasteiger partial charge in [0.25, 0.3) is 0 Å². The highest BCUT2D eigenvalue weighted by Crippen LogP contribution is 2.43. The van der Waals surface area contributed by atoms with Gasteiger partial charge in [0.15, 0.2) is 0 Å². The molecule has 2 aliphatic heterocycles. The molecule has 0 bridgehead atoms. The molecule has 0 saturated carbocycles. The van der Waals surface area contributed by atoms with Crippen LogP contribution in [0.3, 0.4) is 0 Å². The lowest BCUT2D eigenvalue weighted by atomic mass is 9.72. The van der Waals surface area contributed by atoms with Crippen molar-refractivity contribution >= 4 is 6.03 Å². The average Bonchev–Trinajstić information content (AvgIpc) is 3.33. The van der Waals surface area contributed by atoms with E-state index in [0.29, 0.717) is 26.1 Å². The first kappa shape index (κ1) is 24.7. The van der Waals surface area contributed by atoms with Crippen molar-refractivity contribution in [2.24, 2.45) is 11.7 Å². The van der Waals surface area contributed by atoms with Crippen molar-refractivity contribution in [3.8, 4) is 11.1 Å². The Bertz CT molecular complexity index is 938. The molecule has 0 aromatic heterocycles. The summed E-state index contributed by atoms with van der Waals surface area (Å²) in [6.07, 6.45) is 5.04. The number of carbonyl (C=O) groups excluding carboxylic acids is 1. The molecule has 6 heteroatoms. The Kier molecular flexibility index (Phi) is 8.24. The first-order valence-electron chi connectivity index (χ1n) is 12.7. The topological polar surface area (TPSA) is 79.0 Å². The van der Waals surface area contributed by atoms with Crippen LogP contribution in [0.15, 0.2) is 54.6 Å². The van der Waals surface area contributed by atoms with E-state index in [1.165, 1.54) is 0 Å². The highest BCUT2D eigenvalue weighted by atomic mass is 16.5. The molecule has 3 N–H and O–H groups in total. The molecular weight excluding hydrogens is 426 g/mol. The van der Waals surface area contributed by atoms with E-state index in [1.807, 2.05) is 40.1 Å². The van der Waals surface area contributed by atoms with Gasteiger partial charge < -0.3 is 25.4 Å². The van der Waals surface area contributed by atoms with Gasteiger partial charge in [-0.1, -0.05) is 54.6 Å². The number of nitrogens with zero attached hydrogens (tertiary/aromatic N) is 2. The summed E-state index contributed by atoms with van der Waals surface area (Å²) in [4.78, 5) is 17.1. The largest absolute Gasteiger partial charge is 0.385 e. The molecule has 0 spiro atoms. The van der Waals surface area contributed by atoms with Gasteiger partial charge in [0.2, 0.25) is 0 Å². The number of likely N-dealkylation sites (tertiary alicyclic amines) is 2. The Hall–Kier alpha value is -2.41. The molecule has 2 aliphatic rings. The summed E-state index contributed by atoms with van der Waals surface area (Å²) in [5, 5.41) is 12.4. The highest BCUT2D eigenvalue weighted by molar-refractivity contribution is 5.75. The van der Waals surface area contributed by atoms with Crippen molar-refractivity contribution in [2.75, 3.05) is 39.9 Å². The number of piperidine rings is 1. The zero-order valence-corrected chi connectivity index (χ0v) is 20.4. The standard InChI is InChI=1S/C28H39N3O3/c1-34-19-8-7-16-28(33,26-14-6-5-13-25(26)22-10-3-2-4-11-22)23-12-9-17-30(20-23)27(32)31-18-15-24(29)21-31/h2-6,10-11,13-14,23-24,33H,7-9,12,15-21,29H2,1H3/t23-,24+,28?/m1/s1. The highest BCUT2D eigenvalue weighted by Gasteiger charge is 2.43. The lowest BCUT2D eigenvalue weighted by Gasteiger charge is -2.44. The Labute approximate surface area is 203 Å². The third kappa shape index (κ3) is 5.45. The Morgan fingerprint density at radius 2 is 1.76 bits per heavy atom. The van der Waals surface area contributed by atoms with Crippen LogP contribution in [-0.4, -0.2) is 66.9 Å². The van der Waals surface area contributed by atoms with Gasteiger partial charge in [0.05, 0.1) is 5.60 Å². The van der Waals surface area contributed by atoms with Gasteiger partial charge >= 0.3 is 6.03 Å². The number of methoxy groups -OCH3 is 1. The quantitative estimate of drug-likeness (QED) is 0.572. The molecule has 0 aliphatic carbocycles. The Morgan fingerprint density at radius 1 is 1.03 bits per heavy atom. The lowest BCUT2D eigenvalue weighted by Crippen LogP contribution is -2.51. The van der Waals surface area contributed by atoms with Crippen LogP contribution < -0.4 is 5.73 Å². The SMILES string of the molecule is COCCCCC(O)(c1ccccc1-c1ccccc1)[C@@H]1CCCN(C(=O)N2CC[C@H](N)C2)C1. The number of hydrogen-bond donors (Lipinski definition) is 2. The van der Waals surface area contributed by atoms with Gasteiger partial charge in [0.1, 0.15) is 0 Å². The number of carbonyl (C=O) groups is 1. The second-order valence-corrected chi connectivity index (χ2v) is 9.85. The molecule has 3 atom stereocenters. The molecule has 0 radical (unpaired) electrons. The normalized spacial score (nSPS) is 22.6.